The predicted molar refractivity (Wildman–Crippen MR) is 121 cm³/mol. The fraction of sp³-hybridized carbons (Fsp3) is 0.769. The number of morpholine rings is 1. The molecule has 4 heterocycles. The lowest BCUT2D eigenvalue weighted by Gasteiger charge is -2.46. The molecule has 0 spiro atoms. The zero-order valence-electron chi connectivity index (χ0n) is 20.0. The van der Waals surface area contributed by atoms with Crippen molar-refractivity contribution in [3.8, 4) is 0 Å². The standard InChI is InChI=1S/C26H35F2N3O3/c1-25(27,28)19-11-17-15-30(7-4-21(17)29-14-19)24(32)26-6-2-3-18(26)12-20(13-26)31-8-10-34-23-16-33-9-5-22(23)31/h11,14,18,20,22-23H,2-10,12-13,15-16H2,1H3/t18-,20-,22?,23?,26-/m1/s1. The summed E-state index contributed by atoms with van der Waals surface area (Å²) in [6, 6.07) is 2.36. The van der Waals surface area contributed by atoms with Gasteiger partial charge in [-0.25, -0.2) is 8.78 Å². The van der Waals surface area contributed by atoms with E-state index >= 15 is 0 Å². The SMILES string of the molecule is CC(F)(F)c1cnc2c(c1)CN(C(=O)[C@@]13CCC[C@@H]1C[C@@H](N1CCOC4COCCC41)C3)CC2. The van der Waals surface area contributed by atoms with Crippen molar-refractivity contribution in [2.45, 2.75) is 82.5 Å². The van der Waals surface area contributed by atoms with Gasteiger partial charge in [0.2, 0.25) is 5.91 Å². The first-order valence-electron chi connectivity index (χ1n) is 13.0. The van der Waals surface area contributed by atoms with Gasteiger partial charge in [-0.15, -0.1) is 0 Å². The third kappa shape index (κ3) is 3.77. The molecule has 0 bridgehead atoms. The molecule has 0 radical (unpaired) electrons. The highest BCUT2D eigenvalue weighted by Gasteiger charge is 2.58. The second-order valence-electron chi connectivity index (χ2n) is 11.1. The molecule has 3 aliphatic heterocycles. The highest BCUT2D eigenvalue weighted by atomic mass is 19.3. The Hall–Kier alpha value is -1.64. The van der Waals surface area contributed by atoms with E-state index in [9.17, 15) is 13.6 Å². The van der Waals surface area contributed by atoms with Gasteiger partial charge in [0.05, 0.1) is 24.7 Å². The molecule has 34 heavy (non-hydrogen) atoms. The second kappa shape index (κ2) is 8.49. The van der Waals surface area contributed by atoms with E-state index in [2.05, 4.69) is 9.88 Å². The number of hydrogen-bond donors (Lipinski definition) is 0. The van der Waals surface area contributed by atoms with Gasteiger partial charge in [0.25, 0.3) is 5.92 Å². The highest BCUT2D eigenvalue weighted by Crippen LogP contribution is 2.57. The lowest BCUT2D eigenvalue weighted by molar-refractivity contribution is -0.149. The maximum atomic E-state index is 14.1. The summed E-state index contributed by atoms with van der Waals surface area (Å²) in [5.74, 6) is -2.27. The molecule has 0 aromatic carbocycles. The molecule has 4 fully saturated rings. The van der Waals surface area contributed by atoms with Gasteiger partial charge in [0, 0.05) is 69.1 Å². The molecular formula is C26H35F2N3O3. The van der Waals surface area contributed by atoms with E-state index in [1.807, 2.05) is 4.90 Å². The number of hydrogen-bond acceptors (Lipinski definition) is 5. The molecule has 1 amide bonds. The fourth-order valence-electron chi connectivity index (χ4n) is 7.53. The van der Waals surface area contributed by atoms with Gasteiger partial charge in [0.1, 0.15) is 0 Å². The lowest BCUT2D eigenvalue weighted by atomic mass is 9.78. The Balaban J connectivity index is 1.21. The molecular weight excluding hydrogens is 440 g/mol. The van der Waals surface area contributed by atoms with Crippen molar-refractivity contribution in [2.75, 3.05) is 32.9 Å². The first kappa shape index (κ1) is 22.8. The molecule has 2 aliphatic carbocycles. The Morgan fingerprint density at radius 1 is 1.26 bits per heavy atom. The van der Waals surface area contributed by atoms with Crippen LogP contribution in [0.25, 0.3) is 0 Å². The number of carbonyl (C=O) groups is 1. The topological polar surface area (TPSA) is 54.9 Å². The van der Waals surface area contributed by atoms with E-state index in [4.69, 9.17) is 9.47 Å². The molecule has 8 heteroatoms. The van der Waals surface area contributed by atoms with Crippen LogP contribution in [0.15, 0.2) is 12.3 Å². The van der Waals surface area contributed by atoms with Gasteiger partial charge < -0.3 is 14.4 Å². The number of carbonyl (C=O) groups excluding carboxylic acids is 1. The maximum absolute atomic E-state index is 14.1. The van der Waals surface area contributed by atoms with Crippen LogP contribution >= 0.6 is 0 Å². The molecule has 0 N–H and O–H groups in total. The number of nitrogens with zero attached hydrogens (tertiary/aromatic N) is 3. The van der Waals surface area contributed by atoms with E-state index in [1.165, 1.54) is 6.20 Å². The molecule has 2 saturated carbocycles. The summed E-state index contributed by atoms with van der Waals surface area (Å²) in [4.78, 5) is 23.0. The van der Waals surface area contributed by atoms with E-state index in [1.54, 1.807) is 6.07 Å². The number of amides is 1. The molecule has 2 unspecified atom stereocenters. The van der Waals surface area contributed by atoms with Crippen LogP contribution < -0.4 is 0 Å². The number of rotatable bonds is 3. The fourth-order valence-corrected chi connectivity index (χ4v) is 7.53. The van der Waals surface area contributed by atoms with Crippen molar-refractivity contribution in [1.29, 1.82) is 0 Å². The molecule has 1 aromatic heterocycles. The monoisotopic (exact) mass is 475 g/mol. The van der Waals surface area contributed by atoms with Crippen LogP contribution in [0.4, 0.5) is 8.78 Å². The molecule has 5 atom stereocenters. The number of fused-ring (bicyclic) bond motifs is 3. The number of aromatic nitrogens is 1. The van der Waals surface area contributed by atoms with Crippen LogP contribution in [0.1, 0.15) is 62.3 Å². The number of pyridine rings is 1. The average Bonchev–Trinajstić information content (AvgIpc) is 3.40. The Labute approximate surface area is 200 Å². The van der Waals surface area contributed by atoms with Gasteiger partial charge in [-0.3, -0.25) is 14.7 Å². The van der Waals surface area contributed by atoms with Crippen LogP contribution in [-0.4, -0.2) is 71.8 Å². The van der Waals surface area contributed by atoms with Crippen molar-refractivity contribution in [3.05, 3.63) is 29.1 Å². The van der Waals surface area contributed by atoms with Crippen molar-refractivity contribution in [1.82, 2.24) is 14.8 Å². The Morgan fingerprint density at radius 2 is 2.15 bits per heavy atom. The van der Waals surface area contributed by atoms with Crippen molar-refractivity contribution < 1.29 is 23.0 Å². The summed E-state index contributed by atoms with van der Waals surface area (Å²) < 4.78 is 39.4. The van der Waals surface area contributed by atoms with E-state index in [0.29, 0.717) is 44.1 Å². The lowest BCUT2D eigenvalue weighted by Crippen LogP contribution is -2.58. The minimum Gasteiger partial charge on any atom is -0.379 e. The third-order valence-corrected chi connectivity index (χ3v) is 9.22. The molecule has 1 aromatic rings. The van der Waals surface area contributed by atoms with Crippen molar-refractivity contribution >= 4 is 5.91 Å². The van der Waals surface area contributed by atoms with Crippen LogP contribution in [-0.2, 0) is 33.2 Å². The summed E-state index contributed by atoms with van der Waals surface area (Å²) in [6.07, 6.45) is 8.21. The van der Waals surface area contributed by atoms with Gasteiger partial charge in [-0.05, 0) is 49.7 Å². The quantitative estimate of drug-likeness (QED) is 0.670. The zero-order chi connectivity index (χ0) is 23.5. The first-order valence-corrected chi connectivity index (χ1v) is 13.0. The van der Waals surface area contributed by atoms with Crippen LogP contribution in [0, 0.1) is 11.3 Å². The van der Waals surface area contributed by atoms with Gasteiger partial charge in [0.15, 0.2) is 0 Å². The van der Waals surface area contributed by atoms with Crippen molar-refractivity contribution in [3.63, 3.8) is 0 Å². The zero-order valence-corrected chi connectivity index (χ0v) is 20.0. The average molecular weight is 476 g/mol. The number of halogens is 2. The minimum absolute atomic E-state index is 0.0725. The first-order chi connectivity index (χ1) is 16.3. The van der Waals surface area contributed by atoms with Crippen LogP contribution in [0.3, 0.4) is 0 Å². The second-order valence-corrected chi connectivity index (χ2v) is 11.1. The van der Waals surface area contributed by atoms with Crippen LogP contribution in [0.5, 0.6) is 0 Å². The number of alkyl halides is 2. The molecule has 2 saturated heterocycles. The summed E-state index contributed by atoms with van der Waals surface area (Å²) in [7, 11) is 0. The molecule has 6 rings (SSSR count). The third-order valence-electron chi connectivity index (χ3n) is 9.22. The summed E-state index contributed by atoms with van der Waals surface area (Å²) in [6.45, 7) is 5.02. The molecule has 5 aliphatic rings. The number of ether oxygens (including phenoxy) is 2. The smallest absolute Gasteiger partial charge is 0.272 e. The summed E-state index contributed by atoms with van der Waals surface area (Å²) in [5.41, 5.74) is 1.25. The van der Waals surface area contributed by atoms with E-state index < -0.39 is 5.92 Å². The Kier molecular flexibility index (Phi) is 5.69. The van der Waals surface area contributed by atoms with Gasteiger partial charge >= 0.3 is 0 Å². The Morgan fingerprint density at radius 3 is 3.00 bits per heavy atom. The largest absolute Gasteiger partial charge is 0.379 e. The summed E-state index contributed by atoms with van der Waals surface area (Å²) >= 11 is 0. The minimum atomic E-state index is -2.93. The van der Waals surface area contributed by atoms with Gasteiger partial charge in [-0.2, -0.15) is 0 Å². The Bertz CT molecular complexity index is 952. The highest BCUT2D eigenvalue weighted by molar-refractivity contribution is 5.84. The predicted octanol–water partition coefficient (Wildman–Crippen LogP) is 3.52. The van der Waals surface area contributed by atoms with Crippen LogP contribution in [0.2, 0.25) is 0 Å². The van der Waals surface area contributed by atoms with E-state index in [-0.39, 0.29) is 23.0 Å². The van der Waals surface area contributed by atoms with Gasteiger partial charge in [-0.1, -0.05) is 6.42 Å². The van der Waals surface area contributed by atoms with E-state index in [0.717, 1.165) is 76.5 Å². The normalized spacial score (nSPS) is 36.1. The van der Waals surface area contributed by atoms with Crippen molar-refractivity contribution in [2.24, 2.45) is 11.3 Å². The maximum Gasteiger partial charge on any atom is 0.272 e. The summed E-state index contributed by atoms with van der Waals surface area (Å²) in [5, 5.41) is 0. The molecule has 186 valence electrons. The molecule has 6 nitrogen and oxygen atoms in total.